The molecular weight excluding hydrogens is 252 g/mol. The van der Waals surface area contributed by atoms with Gasteiger partial charge in [-0.3, -0.25) is 4.79 Å². The predicted octanol–water partition coefficient (Wildman–Crippen LogP) is 3.36. The number of ketones is 1. The molecular formula is C17H30O3. The number of hydrogen-bond acceptors (Lipinski definition) is 3. The fraction of sp³-hybridized carbons (Fsp3) is 0.824. The van der Waals surface area contributed by atoms with Crippen molar-refractivity contribution in [3.8, 4) is 0 Å². The number of ether oxygens (including phenoxy) is 1. The fourth-order valence-corrected chi connectivity index (χ4v) is 3.10. The molecule has 1 saturated carbocycles. The number of carbonyl (C=O) groups is 1. The molecule has 3 nitrogen and oxygen atoms in total. The van der Waals surface area contributed by atoms with Crippen LogP contribution >= 0.6 is 0 Å². The van der Waals surface area contributed by atoms with Crippen LogP contribution in [0.5, 0.6) is 0 Å². The fourth-order valence-electron chi connectivity index (χ4n) is 3.10. The number of allylic oxidation sites excluding steroid dienone is 1. The third-order valence-electron chi connectivity index (χ3n) is 4.46. The number of aliphatic hydroxyl groups excluding tert-OH is 1. The molecule has 0 heterocycles. The molecule has 0 bridgehead atoms. The molecule has 1 fully saturated rings. The van der Waals surface area contributed by atoms with Crippen LogP contribution in [0.1, 0.15) is 53.4 Å². The van der Waals surface area contributed by atoms with Crippen LogP contribution < -0.4 is 0 Å². The Morgan fingerprint density at radius 1 is 1.50 bits per heavy atom. The Labute approximate surface area is 123 Å². The smallest absolute Gasteiger partial charge is 0.143 e. The number of aliphatic hydroxyl groups is 1. The molecule has 20 heavy (non-hydrogen) atoms. The van der Waals surface area contributed by atoms with E-state index in [1.165, 1.54) is 0 Å². The first-order valence-corrected chi connectivity index (χ1v) is 7.82. The SMILES string of the molecule is CC[C@@H]1CC(=O)[C@@H](C(C)=CCCC(C)C)[C@H](OC)[C@@H]1O. The van der Waals surface area contributed by atoms with E-state index in [2.05, 4.69) is 19.9 Å². The van der Waals surface area contributed by atoms with E-state index in [0.29, 0.717) is 12.3 Å². The molecule has 0 aromatic carbocycles. The molecule has 1 rings (SSSR count). The van der Waals surface area contributed by atoms with Crippen LogP contribution in [0.2, 0.25) is 0 Å². The van der Waals surface area contributed by atoms with Gasteiger partial charge in [0.2, 0.25) is 0 Å². The van der Waals surface area contributed by atoms with Gasteiger partial charge in [0, 0.05) is 13.5 Å². The van der Waals surface area contributed by atoms with E-state index < -0.39 is 12.2 Å². The first-order chi connectivity index (χ1) is 9.42. The van der Waals surface area contributed by atoms with Crippen molar-refractivity contribution in [2.75, 3.05) is 7.11 Å². The Bertz CT molecular complexity index is 346. The molecule has 0 aromatic rings. The van der Waals surface area contributed by atoms with Crippen LogP contribution in [0.15, 0.2) is 11.6 Å². The number of carbonyl (C=O) groups excluding carboxylic acids is 1. The van der Waals surface area contributed by atoms with Gasteiger partial charge in [-0.15, -0.1) is 0 Å². The maximum absolute atomic E-state index is 12.4. The van der Waals surface area contributed by atoms with Crippen molar-refractivity contribution in [1.82, 2.24) is 0 Å². The Morgan fingerprint density at radius 2 is 2.15 bits per heavy atom. The number of hydrogen-bond donors (Lipinski definition) is 1. The van der Waals surface area contributed by atoms with Crippen LogP contribution in [-0.2, 0) is 9.53 Å². The average molecular weight is 282 g/mol. The van der Waals surface area contributed by atoms with E-state index in [1.54, 1.807) is 7.11 Å². The van der Waals surface area contributed by atoms with E-state index in [4.69, 9.17) is 4.74 Å². The monoisotopic (exact) mass is 282 g/mol. The van der Waals surface area contributed by atoms with Crippen LogP contribution in [0.25, 0.3) is 0 Å². The lowest BCUT2D eigenvalue weighted by atomic mass is 9.72. The van der Waals surface area contributed by atoms with Crippen molar-refractivity contribution < 1.29 is 14.6 Å². The quantitative estimate of drug-likeness (QED) is 0.760. The molecule has 4 atom stereocenters. The Kier molecular flexibility index (Phi) is 6.90. The highest BCUT2D eigenvalue weighted by atomic mass is 16.5. The highest BCUT2D eigenvalue weighted by Gasteiger charge is 2.43. The number of methoxy groups -OCH3 is 1. The number of rotatable bonds is 6. The van der Waals surface area contributed by atoms with E-state index in [0.717, 1.165) is 24.8 Å². The molecule has 116 valence electrons. The van der Waals surface area contributed by atoms with Gasteiger partial charge in [0.15, 0.2) is 0 Å². The minimum absolute atomic E-state index is 0.0344. The zero-order valence-corrected chi connectivity index (χ0v) is 13.6. The van der Waals surface area contributed by atoms with Gasteiger partial charge in [0.25, 0.3) is 0 Å². The van der Waals surface area contributed by atoms with Crippen molar-refractivity contribution in [2.24, 2.45) is 17.8 Å². The molecule has 0 unspecified atom stereocenters. The van der Waals surface area contributed by atoms with Gasteiger partial charge in [-0.05, 0) is 31.6 Å². The second kappa shape index (κ2) is 7.94. The third kappa shape index (κ3) is 4.16. The van der Waals surface area contributed by atoms with Gasteiger partial charge in [-0.2, -0.15) is 0 Å². The van der Waals surface area contributed by atoms with E-state index >= 15 is 0 Å². The van der Waals surface area contributed by atoms with Gasteiger partial charge < -0.3 is 9.84 Å². The summed E-state index contributed by atoms with van der Waals surface area (Å²) in [4.78, 5) is 12.4. The molecule has 1 aliphatic rings. The maximum Gasteiger partial charge on any atom is 0.143 e. The molecule has 3 heteroatoms. The van der Waals surface area contributed by atoms with Crippen LogP contribution in [-0.4, -0.2) is 30.2 Å². The van der Waals surface area contributed by atoms with Crippen molar-refractivity contribution in [3.63, 3.8) is 0 Å². The summed E-state index contributed by atoms with van der Waals surface area (Å²) in [6.07, 6.45) is 4.60. The summed E-state index contributed by atoms with van der Waals surface area (Å²) in [5.41, 5.74) is 1.05. The van der Waals surface area contributed by atoms with Gasteiger partial charge >= 0.3 is 0 Å². The first kappa shape index (κ1) is 17.4. The Balaban J connectivity index is 2.82. The molecule has 0 aromatic heterocycles. The molecule has 0 amide bonds. The zero-order valence-electron chi connectivity index (χ0n) is 13.6. The zero-order chi connectivity index (χ0) is 15.3. The highest BCUT2D eigenvalue weighted by Crippen LogP contribution is 2.34. The lowest BCUT2D eigenvalue weighted by molar-refractivity contribution is -0.143. The molecule has 0 saturated heterocycles. The lowest BCUT2D eigenvalue weighted by Crippen LogP contribution is -2.49. The van der Waals surface area contributed by atoms with Crippen LogP contribution in [0, 0.1) is 17.8 Å². The summed E-state index contributed by atoms with van der Waals surface area (Å²) in [7, 11) is 1.59. The standard InChI is InChI=1S/C17H30O3/c1-6-13-10-14(18)15(17(20-5)16(13)19)12(4)9-7-8-11(2)3/h9,11,13,15-17,19H,6-8,10H2,1-5H3/t13-,15-,16-,17+/m1/s1. The van der Waals surface area contributed by atoms with Gasteiger partial charge in [0.05, 0.1) is 18.1 Å². The summed E-state index contributed by atoms with van der Waals surface area (Å²) < 4.78 is 5.46. The highest BCUT2D eigenvalue weighted by molar-refractivity contribution is 5.85. The molecule has 1 aliphatic carbocycles. The van der Waals surface area contributed by atoms with Crippen molar-refractivity contribution >= 4 is 5.78 Å². The second-order valence-electron chi connectivity index (χ2n) is 6.43. The molecule has 0 radical (unpaired) electrons. The average Bonchev–Trinajstić information content (AvgIpc) is 2.39. The minimum Gasteiger partial charge on any atom is -0.390 e. The topological polar surface area (TPSA) is 46.5 Å². The minimum atomic E-state index is -0.541. The van der Waals surface area contributed by atoms with Crippen molar-refractivity contribution in [3.05, 3.63) is 11.6 Å². The van der Waals surface area contributed by atoms with Gasteiger partial charge in [0.1, 0.15) is 5.78 Å². The van der Waals surface area contributed by atoms with Crippen molar-refractivity contribution in [1.29, 1.82) is 0 Å². The van der Waals surface area contributed by atoms with E-state index in [-0.39, 0.29) is 17.6 Å². The third-order valence-corrected chi connectivity index (χ3v) is 4.46. The van der Waals surface area contributed by atoms with Crippen molar-refractivity contribution in [2.45, 2.75) is 65.6 Å². The largest absolute Gasteiger partial charge is 0.390 e. The lowest BCUT2D eigenvalue weighted by Gasteiger charge is -2.38. The Morgan fingerprint density at radius 3 is 2.65 bits per heavy atom. The normalized spacial score (nSPS) is 31.9. The number of Topliss-reactive ketones (excluding diaryl/α,β-unsaturated/α-hetero) is 1. The van der Waals surface area contributed by atoms with Gasteiger partial charge in [-0.1, -0.05) is 38.8 Å². The molecule has 0 spiro atoms. The second-order valence-corrected chi connectivity index (χ2v) is 6.43. The summed E-state index contributed by atoms with van der Waals surface area (Å²) in [6.45, 7) is 8.40. The van der Waals surface area contributed by atoms with Gasteiger partial charge in [-0.25, -0.2) is 0 Å². The molecule has 0 aliphatic heterocycles. The molecule has 1 N–H and O–H groups in total. The van der Waals surface area contributed by atoms with E-state index in [9.17, 15) is 9.90 Å². The summed E-state index contributed by atoms with van der Waals surface area (Å²) in [5.74, 6) is 0.638. The maximum atomic E-state index is 12.4. The summed E-state index contributed by atoms with van der Waals surface area (Å²) in [6, 6.07) is 0. The Hall–Kier alpha value is -0.670. The van der Waals surface area contributed by atoms with E-state index in [1.807, 2.05) is 13.8 Å². The van der Waals surface area contributed by atoms with Crippen LogP contribution in [0.3, 0.4) is 0 Å². The predicted molar refractivity (Wildman–Crippen MR) is 81.5 cm³/mol. The summed E-state index contributed by atoms with van der Waals surface area (Å²) >= 11 is 0. The van der Waals surface area contributed by atoms with Crippen LogP contribution in [0.4, 0.5) is 0 Å². The first-order valence-electron chi connectivity index (χ1n) is 7.82. The summed E-state index contributed by atoms with van der Waals surface area (Å²) in [5, 5.41) is 10.4.